The summed E-state index contributed by atoms with van der Waals surface area (Å²) in [6, 6.07) is 8.07. The van der Waals surface area contributed by atoms with Crippen LogP contribution in [-0.4, -0.2) is 74.0 Å². The van der Waals surface area contributed by atoms with E-state index in [9.17, 15) is 9.59 Å². The number of hydrogen-bond donors (Lipinski definition) is 0. The van der Waals surface area contributed by atoms with E-state index in [1.807, 2.05) is 43.1 Å². The number of rotatable bonds is 4. The van der Waals surface area contributed by atoms with Crippen LogP contribution >= 0.6 is 11.8 Å². The molecule has 2 aromatic heterocycles. The molecule has 0 N–H and O–H groups in total. The van der Waals surface area contributed by atoms with E-state index < -0.39 is 0 Å². The normalized spacial score (nSPS) is 19.4. The molecule has 2 aliphatic rings. The summed E-state index contributed by atoms with van der Waals surface area (Å²) in [6.45, 7) is 4.04. The zero-order chi connectivity index (χ0) is 22.4. The molecule has 3 aromatic rings. The van der Waals surface area contributed by atoms with E-state index in [4.69, 9.17) is 4.98 Å². The van der Waals surface area contributed by atoms with Crippen molar-refractivity contribution in [1.29, 1.82) is 0 Å². The summed E-state index contributed by atoms with van der Waals surface area (Å²) in [5.41, 5.74) is 2.44. The lowest BCUT2D eigenvalue weighted by Gasteiger charge is -2.35. The number of thioether (sulfide) groups is 1. The molecule has 4 heterocycles. The van der Waals surface area contributed by atoms with E-state index in [0.717, 1.165) is 37.2 Å². The molecule has 1 aromatic carbocycles. The third-order valence-corrected chi connectivity index (χ3v) is 7.75. The third-order valence-electron chi connectivity index (χ3n) is 6.66. The van der Waals surface area contributed by atoms with Gasteiger partial charge in [0.2, 0.25) is 5.91 Å². The van der Waals surface area contributed by atoms with Gasteiger partial charge in [0.05, 0.1) is 17.9 Å². The van der Waals surface area contributed by atoms with Crippen LogP contribution in [0.1, 0.15) is 30.9 Å². The topological polar surface area (TPSA) is 76.3 Å². The Labute approximate surface area is 191 Å². The number of likely N-dealkylation sites (tertiary alicyclic amines) is 1. The molecule has 0 radical (unpaired) electrons. The van der Waals surface area contributed by atoms with Crippen molar-refractivity contribution in [2.75, 3.05) is 32.9 Å². The fourth-order valence-electron chi connectivity index (χ4n) is 4.66. The highest BCUT2D eigenvalue weighted by Crippen LogP contribution is 2.34. The summed E-state index contributed by atoms with van der Waals surface area (Å²) in [7, 11) is 4.02. The molecular formula is C23H28N6O2S. The lowest BCUT2D eigenvalue weighted by atomic mass is 10.0. The average Bonchev–Trinajstić information content (AvgIpc) is 3.39. The van der Waals surface area contributed by atoms with Crippen molar-refractivity contribution >= 4 is 28.7 Å². The molecule has 0 saturated carbocycles. The summed E-state index contributed by atoms with van der Waals surface area (Å²) in [4.78, 5) is 35.4. The van der Waals surface area contributed by atoms with Gasteiger partial charge in [0.25, 0.3) is 5.56 Å². The van der Waals surface area contributed by atoms with E-state index in [1.54, 1.807) is 15.4 Å². The summed E-state index contributed by atoms with van der Waals surface area (Å²) in [5.74, 6) is 0.778. The summed E-state index contributed by atoms with van der Waals surface area (Å²) in [5, 5.41) is 5.59. The number of carbonyl (C=O) groups is 1. The Hall–Kier alpha value is -2.65. The van der Waals surface area contributed by atoms with Crippen molar-refractivity contribution in [2.24, 2.45) is 0 Å². The monoisotopic (exact) mass is 452 g/mol. The van der Waals surface area contributed by atoms with Gasteiger partial charge in [-0.25, -0.2) is 9.67 Å². The average molecular weight is 453 g/mol. The van der Waals surface area contributed by atoms with Gasteiger partial charge in [-0.2, -0.15) is 5.10 Å². The largest absolute Gasteiger partial charge is 0.343 e. The minimum atomic E-state index is -0.178. The number of carbonyl (C=O) groups excluding carboxylic acids is 1. The van der Waals surface area contributed by atoms with Gasteiger partial charge in [0.15, 0.2) is 10.8 Å². The van der Waals surface area contributed by atoms with Crippen LogP contribution in [-0.2, 0) is 4.79 Å². The zero-order valence-corrected chi connectivity index (χ0v) is 19.5. The van der Waals surface area contributed by atoms with Crippen LogP contribution in [0.4, 0.5) is 0 Å². The lowest BCUT2D eigenvalue weighted by Crippen LogP contribution is -2.45. The number of piperidine rings is 1. The Kier molecular flexibility index (Phi) is 5.54. The fourth-order valence-corrected chi connectivity index (χ4v) is 5.79. The minimum Gasteiger partial charge on any atom is -0.343 e. The van der Waals surface area contributed by atoms with E-state index in [-0.39, 0.29) is 23.6 Å². The molecule has 168 valence electrons. The summed E-state index contributed by atoms with van der Waals surface area (Å²) in [6.07, 6.45) is 3.90. The van der Waals surface area contributed by atoms with Gasteiger partial charge < -0.3 is 9.80 Å². The van der Waals surface area contributed by atoms with Gasteiger partial charge in [0, 0.05) is 25.3 Å². The van der Waals surface area contributed by atoms with Gasteiger partial charge >= 0.3 is 0 Å². The molecule has 1 saturated heterocycles. The van der Waals surface area contributed by atoms with E-state index >= 15 is 0 Å². The van der Waals surface area contributed by atoms with Crippen LogP contribution < -0.4 is 5.56 Å². The minimum absolute atomic E-state index is 0.0976. The number of nitrogens with zero attached hydrogens (tertiary/aromatic N) is 6. The maximum Gasteiger partial charge on any atom is 0.265 e. The zero-order valence-electron chi connectivity index (χ0n) is 18.7. The van der Waals surface area contributed by atoms with Gasteiger partial charge in [0.1, 0.15) is 5.39 Å². The van der Waals surface area contributed by atoms with Crippen LogP contribution in [0.15, 0.2) is 40.4 Å². The maximum atomic E-state index is 13.4. The summed E-state index contributed by atoms with van der Waals surface area (Å²) < 4.78 is 3.42. The van der Waals surface area contributed by atoms with Crippen molar-refractivity contribution in [1.82, 2.24) is 29.1 Å². The van der Waals surface area contributed by atoms with E-state index in [1.165, 1.54) is 11.8 Å². The molecule has 32 heavy (non-hydrogen) atoms. The molecule has 1 atom stereocenters. The molecule has 0 spiro atoms. The lowest BCUT2D eigenvalue weighted by molar-refractivity contribution is -0.133. The fraction of sp³-hybridized carbons (Fsp3) is 0.478. The molecule has 1 amide bonds. The van der Waals surface area contributed by atoms with Crippen LogP contribution in [0.3, 0.4) is 0 Å². The molecule has 9 heteroatoms. The Morgan fingerprint density at radius 2 is 2.06 bits per heavy atom. The first-order valence-corrected chi connectivity index (χ1v) is 12.0. The molecule has 1 unspecified atom stereocenters. The molecule has 0 bridgehead atoms. The molecule has 0 aliphatic carbocycles. The number of hydrogen-bond acceptors (Lipinski definition) is 6. The highest BCUT2D eigenvalue weighted by atomic mass is 32.2. The predicted molar refractivity (Wildman–Crippen MR) is 126 cm³/mol. The highest BCUT2D eigenvalue weighted by Gasteiger charge is 2.32. The second-order valence-corrected chi connectivity index (χ2v) is 9.90. The molecule has 5 rings (SSSR count). The number of fused-ring (bicyclic) bond motifs is 2. The van der Waals surface area contributed by atoms with Crippen LogP contribution in [0.2, 0.25) is 0 Å². The summed E-state index contributed by atoms with van der Waals surface area (Å²) >= 11 is 1.54. The van der Waals surface area contributed by atoms with Crippen LogP contribution in [0.5, 0.6) is 0 Å². The maximum absolute atomic E-state index is 13.4. The SMILES string of the molecule is Cc1cccc(-n2ncc3c(=O)n4c(nc32)SCC4CC(=O)N(C)C2CCN(C)CC2)c1. The highest BCUT2D eigenvalue weighted by molar-refractivity contribution is 7.99. The van der Waals surface area contributed by atoms with Gasteiger partial charge in [-0.05, 0) is 57.6 Å². The van der Waals surface area contributed by atoms with Crippen molar-refractivity contribution in [3.8, 4) is 5.69 Å². The molecular weight excluding hydrogens is 424 g/mol. The Morgan fingerprint density at radius 1 is 1.28 bits per heavy atom. The van der Waals surface area contributed by atoms with Crippen molar-refractivity contribution in [3.05, 3.63) is 46.4 Å². The number of benzene rings is 1. The number of amides is 1. The second-order valence-electron chi connectivity index (χ2n) is 8.91. The van der Waals surface area contributed by atoms with Crippen LogP contribution in [0, 0.1) is 6.92 Å². The smallest absolute Gasteiger partial charge is 0.265 e. The van der Waals surface area contributed by atoms with Crippen molar-refractivity contribution in [3.63, 3.8) is 0 Å². The van der Waals surface area contributed by atoms with Gasteiger partial charge in [-0.1, -0.05) is 23.9 Å². The first-order chi connectivity index (χ1) is 15.4. The molecule has 1 fully saturated rings. The Balaban J connectivity index is 1.41. The first kappa shape index (κ1) is 21.2. The van der Waals surface area contributed by atoms with Crippen molar-refractivity contribution < 1.29 is 4.79 Å². The molecule has 8 nitrogen and oxygen atoms in total. The first-order valence-electron chi connectivity index (χ1n) is 11.1. The molecule has 2 aliphatic heterocycles. The van der Waals surface area contributed by atoms with E-state index in [2.05, 4.69) is 17.0 Å². The predicted octanol–water partition coefficient (Wildman–Crippen LogP) is 2.48. The number of aromatic nitrogens is 4. The Bertz CT molecular complexity index is 1230. The van der Waals surface area contributed by atoms with Gasteiger partial charge in [-0.15, -0.1) is 0 Å². The van der Waals surface area contributed by atoms with Gasteiger partial charge in [-0.3, -0.25) is 14.2 Å². The standard InChI is InChI=1S/C23H28N6O2S/c1-15-5-4-6-17(11-15)29-21-19(13-24-29)22(31)28-18(14-32-23(28)25-21)12-20(30)27(3)16-7-9-26(2)10-8-16/h4-6,11,13,16,18H,7-10,12,14H2,1-3H3. The van der Waals surface area contributed by atoms with E-state index in [0.29, 0.717) is 28.4 Å². The quantitative estimate of drug-likeness (QED) is 0.566. The van der Waals surface area contributed by atoms with Crippen molar-refractivity contribution in [2.45, 2.75) is 43.4 Å². The number of aryl methyl sites for hydroxylation is 1. The third kappa shape index (κ3) is 3.73. The Morgan fingerprint density at radius 3 is 2.81 bits per heavy atom. The second kappa shape index (κ2) is 8.37. The van der Waals surface area contributed by atoms with Crippen LogP contribution in [0.25, 0.3) is 16.7 Å².